The molecule has 0 bridgehead atoms. The van der Waals surface area contributed by atoms with Crippen molar-refractivity contribution in [2.24, 2.45) is 5.92 Å². The standard InChI is InChI=1S/C20H37N3O.C4H10O.C2H6/c1-16-8-10-17(11-9-16)22-14-12-19(13-15-22)23(20(24)21-2)18-6-4-3-5-7-18;1-4(2)5-3;1-2/h16-19H,3-15H2,1-2H3,(H,21,24);4H,1-3H3;1-2H3. The van der Waals surface area contributed by atoms with Gasteiger partial charge in [0.1, 0.15) is 0 Å². The number of hydrogen-bond acceptors (Lipinski definition) is 3. The molecule has 2 aliphatic carbocycles. The molecule has 2 saturated carbocycles. The minimum absolute atomic E-state index is 0.159. The number of nitrogens with one attached hydrogen (secondary N) is 1. The lowest BCUT2D eigenvalue weighted by Crippen LogP contribution is -2.55. The Morgan fingerprint density at radius 2 is 1.39 bits per heavy atom. The number of carbonyl (C=O) groups is 1. The van der Waals surface area contributed by atoms with Gasteiger partial charge in [0.15, 0.2) is 0 Å². The van der Waals surface area contributed by atoms with Crippen LogP contribution < -0.4 is 5.32 Å². The maximum Gasteiger partial charge on any atom is 0.317 e. The third kappa shape index (κ3) is 9.69. The summed E-state index contributed by atoms with van der Waals surface area (Å²) in [5, 5.41) is 2.91. The summed E-state index contributed by atoms with van der Waals surface area (Å²) in [7, 11) is 3.49. The molecule has 0 atom stereocenters. The SMILES string of the molecule is CC.CNC(=O)N(C1CCCCC1)C1CCN(C2CCC(C)CC2)CC1.COC(C)C. The summed E-state index contributed by atoms with van der Waals surface area (Å²) in [4.78, 5) is 17.5. The molecule has 0 aromatic heterocycles. The van der Waals surface area contributed by atoms with Crippen LogP contribution in [0.25, 0.3) is 0 Å². The van der Waals surface area contributed by atoms with Crippen LogP contribution >= 0.6 is 0 Å². The third-order valence-electron chi connectivity index (χ3n) is 7.28. The van der Waals surface area contributed by atoms with Gasteiger partial charge in [-0.3, -0.25) is 0 Å². The molecule has 1 N–H and O–H groups in total. The number of hydrogen-bond donors (Lipinski definition) is 1. The number of rotatable bonds is 4. The molecule has 3 rings (SSSR count). The average Bonchev–Trinajstić information content (AvgIpc) is 2.82. The number of urea groups is 1. The summed E-state index contributed by atoms with van der Waals surface area (Å²) in [6.07, 6.45) is 14.6. The monoisotopic (exact) mass is 439 g/mol. The van der Waals surface area contributed by atoms with Crippen LogP contribution in [-0.4, -0.2) is 67.3 Å². The van der Waals surface area contributed by atoms with E-state index in [1.54, 1.807) is 14.2 Å². The highest BCUT2D eigenvalue weighted by Crippen LogP contribution is 2.32. The third-order valence-corrected chi connectivity index (χ3v) is 7.28. The first-order valence-corrected chi connectivity index (χ1v) is 13.2. The molecule has 5 nitrogen and oxygen atoms in total. The number of methoxy groups -OCH3 is 1. The van der Waals surface area contributed by atoms with Crippen molar-refractivity contribution in [2.75, 3.05) is 27.2 Å². The van der Waals surface area contributed by atoms with E-state index in [1.165, 1.54) is 70.9 Å². The van der Waals surface area contributed by atoms with Crippen LogP contribution in [0.3, 0.4) is 0 Å². The molecule has 0 aromatic rings. The Morgan fingerprint density at radius 3 is 1.84 bits per heavy atom. The number of amides is 2. The van der Waals surface area contributed by atoms with Gasteiger partial charge in [0.05, 0.1) is 6.10 Å². The molecular weight excluding hydrogens is 386 g/mol. The van der Waals surface area contributed by atoms with Crippen LogP contribution in [0.4, 0.5) is 4.79 Å². The Hall–Kier alpha value is -0.810. The summed E-state index contributed by atoms with van der Waals surface area (Å²) in [6.45, 7) is 12.8. The van der Waals surface area contributed by atoms with E-state index in [2.05, 4.69) is 22.0 Å². The van der Waals surface area contributed by atoms with Crippen molar-refractivity contribution in [3.63, 3.8) is 0 Å². The van der Waals surface area contributed by atoms with Gasteiger partial charge in [-0.2, -0.15) is 0 Å². The van der Waals surface area contributed by atoms with Crippen molar-refractivity contribution >= 4 is 6.03 Å². The van der Waals surface area contributed by atoms with Gasteiger partial charge < -0.3 is 19.9 Å². The van der Waals surface area contributed by atoms with Gasteiger partial charge in [0.25, 0.3) is 0 Å². The number of likely N-dealkylation sites (tertiary alicyclic amines) is 1. The molecular formula is C26H53N3O2. The zero-order valence-electron chi connectivity index (χ0n) is 21.8. The lowest BCUT2D eigenvalue weighted by Gasteiger charge is -2.46. The normalized spacial score (nSPS) is 25.7. The van der Waals surface area contributed by atoms with Gasteiger partial charge in [0.2, 0.25) is 0 Å². The van der Waals surface area contributed by atoms with E-state index >= 15 is 0 Å². The highest BCUT2D eigenvalue weighted by molar-refractivity contribution is 5.74. The van der Waals surface area contributed by atoms with Crippen LogP contribution in [0.15, 0.2) is 0 Å². The number of ether oxygens (including phenoxy) is 1. The van der Waals surface area contributed by atoms with Crippen molar-refractivity contribution in [3.05, 3.63) is 0 Å². The van der Waals surface area contributed by atoms with Gasteiger partial charge in [-0.1, -0.05) is 40.0 Å². The molecule has 3 fully saturated rings. The quantitative estimate of drug-likeness (QED) is 0.578. The Bertz CT molecular complexity index is 450. The summed E-state index contributed by atoms with van der Waals surface area (Å²) < 4.78 is 4.75. The van der Waals surface area contributed by atoms with E-state index in [4.69, 9.17) is 4.74 Å². The second kappa shape index (κ2) is 15.9. The highest BCUT2D eigenvalue weighted by atomic mass is 16.5. The highest BCUT2D eigenvalue weighted by Gasteiger charge is 2.35. The Morgan fingerprint density at radius 1 is 0.903 bits per heavy atom. The van der Waals surface area contributed by atoms with Gasteiger partial charge in [0, 0.05) is 45.4 Å². The van der Waals surface area contributed by atoms with E-state index in [0.29, 0.717) is 18.2 Å². The van der Waals surface area contributed by atoms with Crippen LogP contribution in [0.2, 0.25) is 0 Å². The van der Waals surface area contributed by atoms with Crippen molar-refractivity contribution < 1.29 is 9.53 Å². The number of carbonyl (C=O) groups excluding carboxylic acids is 1. The molecule has 31 heavy (non-hydrogen) atoms. The zero-order valence-corrected chi connectivity index (χ0v) is 21.8. The maximum atomic E-state index is 12.5. The molecule has 184 valence electrons. The number of nitrogens with zero attached hydrogens (tertiary/aromatic N) is 2. The predicted octanol–water partition coefficient (Wildman–Crippen LogP) is 6.07. The molecule has 5 heteroatoms. The van der Waals surface area contributed by atoms with Gasteiger partial charge >= 0.3 is 6.03 Å². The van der Waals surface area contributed by atoms with E-state index in [9.17, 15) is 4.79 Å². The summed E-state index contributed by atoms with van der Waals surface area (Å²) in [6, 6.07) is 1.90. The summed E-state index contributed by atoms with van der Waals surface area (Å²) in [5.74, 6) is 0.925. The fourth-order valence-corrected chi connectivity index (χ4v) is 5.25. The van der Waals surface area contributed by atoms with Gasteiger partial charge in [-0.05, 0) is 71.1 Å². The van der Waals surface area contributed by atoms with Crippen molar-refractivity contribution in [1.29, 1.82) is 0 Å². The summed E-state index contributed by atoms with van der Waals surface area (Å²) in [5.41, 5.74) is 0. The Balaban J connectivity index is 0.000000605. The Labute approximate surface area is 193 Å². The summed E-state index contributed by atoms with van der Waals surface area (Å²) >= 11 is 0. The largest absolute Gasteiger partial charge is 0.382 e. The van der Waals surface area contributed by atoms with E-state index in [0.717, 1.165) is 24.8 Å². The predicted molar refractivity (Wildman–Crippen MR) is 133 cm³/mol. The first-order chi connectivity index (χ1) is 15.0. The topological polar surface area (TPSA) is 44.8 Å². The minimum atomic E-state index is 0.159. The average molecular weight is 440 g/mol. The molecule has 0 aromatic carbocycles. The smallest absolute Gasteiger partial charge is 0.317 e. The lowest BCUT2D eigenvalue weighted by atomic mass is 9.85. The van der Waals surface area contributed by atoms with Gasteiger partial charge in [-0.25, -0.2) is 4.79 Å². The molecule has 1 saturated heterocycles. The molecule has 0 radical (unpaired) electrons. The first kappa shape index (κ1) is 28.2. The molecule has 1 heterocycles. The van der Waals surface area contributed by atoms with Crippen molar-refractivity contribution in [3.8, 4) is 0 Å². The fraction of sp³-hybridized carbons (Fsp3) is 0.962. The van der Waals surface area contributed by atoms with E-state index in [1.807, 2.05) is 27.7 Å². The molecule has 2 amide bonds. The van der Waals surface area contributed by atoms with Crippen molar-refractivity contribution in [1.82, 2.24) is 15.1 Å². The number of piperidine rings is 1. The second-order valence-electron chi connectivity index (χ2n) is 9.72. The first-order valence-electron chi connectivity index (χ1n) is 13.2. The molecule has 0 unspecified atom stereocenters. The molecule has 1 aliphatic heterocycles. The van der Waals surface area contributed by atoms with Crippen molar-refractivity contribution in [2.45, 2.75) is 129 Å². The van der Waals surface area contributed by atoms with Gasteiger partial charge in [-0.15, -0.1) is 0 Å². The minimum Gasteiger partial charge on any atom is -0.382 e. The molecule has 0 spiro atoms. The zero-order chi connectivity index (χ0) is 23.2. The maximum absolute atomic E-state index is 12.5. The van der Waals surface area contributed by atoms with Crippen LogP contribution in [-0.2, 0) is 4.74 Å². The van der Waals surface area contributed by atoms with Crippen LogP contribution in [0.1, 0.15) is 105 Å². The Kier molecular flexibility index (Phi) is 14.5. The second-order valence-corrected chi connectivity index (χ2v) is 9.72. The fourth-order valence-electron chi connectivity index (χ4n) is 5.25. The molecule has 3 aliphatic rings. The van der Waals surface area contributed by atoms with Crippen LogP contribution in [0.5, 0.6) is 0 Å². The van der Waals surface area contributed by atoms with E-state index in [-0.39, 0.29) is 6.03 Å². The van der Waals surface area contributed by atoms with Crippen LogP contribution in [0, 0.1) is 5.92 Å². The van der Waals surface area contributed by atoms with E-state index < -0.39 is 0 Å². The lowest BCUT2D eigenvalue weighted by molar-refractivity contribution is 0.0546.